The molecule has 0 saturated heterocycles. The fourth-order valence-corrected chi connectivity index (χ4v) is 0.232. The SMILES string of the molecule is C=C(/C=C/NN)NC. The maximum Gasteiger partial charge on any atom is 0.0279 e. The molecule has 0 aliphatic rings. The van der Waals surface area contributed by atoms with Gasteiger partial charge >= 0.3 is 0 Å². The highest BCUT2D eigenvalue weighted by molar-refractivity contribution is 5.10. The Morgan fingerprint density at radius 3 is 2.75 bits per heavy atom. The lowest BCUT2D eigenvalue weighted by Gasteiger charge is -1.93. The number of allylic oxidation sites excluding steroid dienone is 1. The van der Waals surface area contributed by atoms with Crippen molar-refractivity contribution in [1.29, 1.82) is 0 Å². The molecule has 0 amide bonds. The summed E-state index contributed by atoms with van der Waals surface area (Å²) in [7, 11) is 1.79. The quantitative estimate of drug-likeness (QED) is 0.267. The zero-order valence-corrected chi connectivity index (χ0v) is 4.94. The summed E-state index contributed by atoms with van der Waals surface area (Å²) in [5, 5.41) is 2.82. The van der Waals surface area contributed by atoms with Gasteiger partial charge in [-0.3, -0.25) is 5.84 Å². The van der Waals surface area contributed by atoms with Gasteiger partial charge in [0.1, 0.15) is 0 Å². The summed E-state index contributed by atoms with van der Waals surface area (Å²) in [6, 6.07) is 0. The second kappa shape index (κ2) is 4.21. The largest absolute Gasteiger partial charge is 0.389 e. The first-order valence-corrected chi connectivity index (χ1v) is 2.30. The van der Waals surface area contributed by atoms with E-state index < -0.39 is 0 Å². The van der Waals surface area contributed by atoms with Crippen molar-refractivity contribution in [2.45, 2.75) is 0 Å². The lowest BCUT2D eigenvalue weighted by molar-refractivity contribution is 0.954. The normalized spacial score (nSPS) is 9.25. The maximum absolute atomic E-state index is 4.93. The monoisotopic (exact) mass is 113 g/mol. The van der Waals surface area contributed by atoms with Gasteiger partial charge in [0.25, 0.3) is 0 Å². The van der Waals surface area contributed by atoms with Crippen molar-refractivity contribution in [2.24, 2.45) is 5.84 Å². The number of likely N-dealkylation sites (N-methyl/N-ethyl adjacent to an activating group) is 1. The Balaban J connectivity index is 3.37. The Hall–Kier alpha value is -0.960. The van der Waals surface area contributed by atoms with Gasteiger partial charge in [0, 0.05) is 18.9 Å². The lowest BCUT2D eigenvalue weighted by Crippen LogP contribution is -2.13. The Labute approximate surface area is 49.2 Å². The molecule has 0 heterocycles. The Kier molecular flexibility index (Phi) is 3.70. The highest BCUT2D eigenvalue weighted by atomic mass is 15.2. The molecule has 0 aromatic rings. The average Bonchev–Trinajstić information content (AvgIpc) is 1.83. The Morgan fingerprint density at radius 1 is 1.75 bits per heavy atom. The molecule has 8 heavy (non-hydrogen) atoms. The standard InChI is InChI=1S/C5H11N3/c1-5(7-2)3-4-8-6/h3-4,7-8H,1,6H2,2H3/b4-3+. The predicted molar refractivity (Wildman–Crippen MR) is 34.7 cm³/mol. The van der Waals surface area contributed by atoms with Gasteiger partial charge < -0.3 is 10.7 Å². The second-order valence-electron chi connectivity index (χ2n) is 1.28. The van der Waals surface area contributed by atoms with Gasteiger partial charge in [-0.1, -0.05) is 6.58 Å². The van der Waals surface area contributed by atoms with Crippen LogP contribution in [0, 0.1) is 0 Å². The van der Waals surface area contributed by atoms with E-state index in [2.05, 4.69) is 17.3 Å². The smallest absolute Gasteiger partial charge is 0.0279 e. The summed E-state index contributed by atoms with van der Waals surface area (Å²) in [4.78, 5) is 0. The van der Waals surface area contributed by atoms with E-state index in [0.29, 0.717) is 0 Å². The maximum atomic E-state index is 4.93. The molecule has 0 radical (unpaired) electrons. The predicted octanol–water partition coefficient (Wildman–Crippen LogP) is -0.304. The number of hydrogen-bond donors (Lipinski definition) is 3. The van der Waals surface area contributed by atoms with Crippen LogP contribution in [0.2, 0.25) is 0 Å². The number of rotatable bonds is 3. The van der Waals surface area contributed by atoms with Crippen molar-refractivity contribution < 1.29 is 0 Å². The van der Waals surface area contributed by atoms with Crippen LogP contribution >= 0.6 is 0 Å². The molecule has 0 rings (SSSR count). The zero-order chi connectivity index (χ0) is 6.41. The molecular weight excluding hydrogens is 102 g/mol. The zero-order valence-electron chi connectivity index (χ0n) is 4.94. The van der Waals surface area contributed by atoms with Crippen molar-refractivity contribution in [1.82, 2.24) is 10.7 Å². The molecule has 0 unspecified atom stereocenters. The van der Waals surface area contributed by atoms with Crippen LogP contribution in [-0.4, -0.2) is 7.05 Å². The van der Waals surface area contributed by atoms with E-state index in [0.717, 1.165) is 5.70 Å². The van der Waals surface area contributed by atoms with Gasteiger partial charge in [-0.05, 0) is 6.08 Å². The van der Waals surface area contributed by atoms with Crippen LogP contribution < -0.4 is 16.6 Å². The van der Waals surface area contributed by atoms with Crippen LogP contribution in [0.15, 0.2) is 24.6 Å². The molecule has 4 N–H and O–H groups in total. The van der Waals surface area contributed by atoms with Crippen molar-refractivity contribution in [3.8, 4) is 0 Å². The molecule has 0 bridgehead atoms. The topological polar surface area (TPSA) is 50.1 Å². The van der Waals surface area contributed by atoms with Crippen LogP contribution in [0.3, 0.4) is 0 Å². The highest BCUT2D eigenvalue weighted by Crippen LogP contribution is 1.79. The molecule has 0 spiro atoms. The van der Waals surface area contributed by atoms with Gasteiger partial charge in [-0.15, -0.1) is 0 Å². The molecule has 0 aliphatic heterocycles. The van der Waals surface area contributed by atoms with Gasteiger partial charge in [0.2, 0.25) is 0 Å². The van der Waals surface area contributed by atoms with E-state index >= 15 is 0 Å². The van der Waals surface area contributed by atoms with E-state index in [1.807, 2.05) is 0 Å². The third kappa shape index (κ3) is 3.24. The van der Waals surface area contributed by atoms with E-state index in [-0.39, 0.29) is 0 Å². The number of hydrogen-bond acceptors (Lipinski definition) is 3. The van der Waals surface area contributed by atoms with Gasteiger partial charge in [0.15, 0.2) is 0 Å². The van der Waals surface area contributed by atoms with Crippen molar-refractivity contribution in [3.63, 3.8) is 0 Å². The van der Waals surface area contributed by atoms with Gasteiger partial charge in [-0.2, -0.15) is 0 Å². The molecule has 0 atom stereocenters. The van der Waals surface area contributed by atoms with Crippen LogP contribution in [0.5, 0.6) is 0 Å². The van der Waals surface area contributed by atoms with E-state index in [1.54, 1.807) is 19.3 Å². The minimum atomic E-state index is 0.822. The molecule has 3 heteroatoms. The second-order valence-corrected chi connectivity index (χ2v) is 1.28. The van der Waals surface area contributed by atoms with Crippen LogP contribution in [0.1, 0.15) is 0 Å². The molecular formula is C5H11N3. The van der Waals surface area contributed by atoms with Gasteiger partial charge in [0.05, 0.1) is 0 Å². The average molecular weight is 113 g/mol. The van der Waals surface area contributed by atoms with Crippen molar-refractivity contribution in [3.05, 3.63) is 24.6 Å². The molecule has 0 saturated carbocycles. The van der Waals surface area contributed by atoms with Crippen molar-refractivity contribution >= 4 is 0 Å². The summed E-state index contributed by atoms with van der Waals surface area (Å²) in [6.45, 7) is 3.62. The number of nitrogens with two attached hydrogens (primary N) is 1. The molecule has 46 valence electrons. The van der Waals surface area contributed by atoms with E-state index in [1.165, 1.54) is 0 Å². The van der Waals surface area contributed by atoms with Crippen molar-refractivity contribution in [2.75, 3.05) is 7.05 Å². The van der Waals surface area contributed by atoms with Crippen LogP contribution in [-0.2, 0) is 0 Å². The first-order chi connectivity index (χ1) is 3.81. The summed E-state index contributed by atoms with van der Waals surface area (Å²) in [6.07, 6.45) is 3.33. The van der Waals surface area contributed by atoms with Crippen LogP contribution in [0.4, 0.5) is 0 Å². The Morgan fingerprint density at radius 2 is 2.38 bits per heavy atom. The summed E-state index contributed by atoms with van der Waals surface area (Å²) in [5.74, 6) is 4.93. The highest BCUT2D eigenvalue weighted by Gasteiger charge is 1.73. The fraction of sp³-hybridized carbons (Fsp3) is 0.200. The number of nitrogens with one attached hydrogen (secondary N) is 2. The minimum Gasteiger partial charge on any atom is -0.389 e. The lowest BCUT2D eigenvalue weighted by atomic mass is 10.5. The Bertz CT molecular complexity index is 95.8. The molecule has 0 aliphatic carbocycles. The van der Waals surface area contributed by atoms with Crippen LogP contribution in [0.25, 0.3) is 0 Å². The fourth-order valence-electron chi connectivity index (χ4n) is 0.232. The molecule has 0 fully saturated rings. The summed E-state index contributed by atoms with van der Waals surface area (Å²) >= 11 is 0. The van der Waals surface area contributed by atoms with E-state index in [4.69, 9.17) is 5.84 Å². The third-order valence-corrected chi connectivity index (χ3v) is 0.702. The summed E-state index contributed by atoms with van der Waals surface area (Å²) < 4.78 is 0. The molecule has 0 aromatic heterocycles. The number of hydrazine groups is 1. The summed E-state index contributed by atoms with van der Waals surface area (Å²) in [5.41, 5.74) is 3.17. The minimum absolute atomic E-state index is 0.822. The first kappa shape index (κ1) is 7.04. The first-order valence-electron chi connectivity index (χ1n) is 2.30. The molecule has 0 aromatic carbocycles. The van der Waals surface area contributed by atoms with E-state index in [9.17, 15) is 0 Å². The molecule has 3 nitrogen and oxygen atoms in total. The third-order valence-electron chi connectivity index (χ3n) is 0.702. The van der Waals surface area contributed by atoms with Gasteiger partial charge in [-0.25, -0.2) is 0 Å².